The number of alkyl halides is 2. The Hall–Kier alpha value is -2.26. The highest BCUT2D eigenvalue weighted by Crippen LogP contribution is 2.28. The summed E-state index contributed by atoms with van der Waals surface area (Å²) >= 11 is 4.60. The molecule has 0 N–H and O–H groups in total. The number of hydrogen-bond acceptors (Lipinski definition) is 4. The van der Waals surface area contributed by atoms with Crippen LogP contribution in [0.4, 0.5) is 8.78 Å². The second-order valence-corrected chi connectivity index (χ2v) is 7.92. The van der Waals surface area contributed by atoms with Gasteiger partial charge in [-0.05, 0) is 37.3 Å². The van der Waals surface area contributed by atoms with Gasteiger partial charge in [0.1, 0.15) is 5.82 Å². The van der Waals surface area contributed by atoms with Gasteiger partial charge in [-0.15, -0.1) is 0 Å². The van der Waals surface area contributed by atoms with Crippen molar-refractivity contribution in [2.75, 3.05) is 0 Å². The number of fused-ring (bicyclic) bond motifs is 2. The fourth-order valence-electron chi connectivity index (χ4n) is 3.10. The molecule has 0 bridgehead atoms. The van der Waals surface area contributed by atoms with Crippen LogP contribution in [0.3, 0.4) is 0 Å². The average molecular weight is 465 g/mol. The molecule has 0 amide bonds. The summed E-state index contributed by atoms with van der Waals surface area (Å²) in [6, 6.07) is 12.1. The molecular weight excluding hydrogens is 450 g/mol. The van der Waals surface area contributed by atoms with E-state index in [2.05, 4.69) is 25.9 Å². The lowest BCUT2D eigenvalue weighted by atomic mass is 10.2. The van der Waals surface area contributed by atoms with Gasteiger partial charge in [0.2, 0.25) is 0 Å². The van der Waals surface area contributed by atoms with E-state index < -0.39 is 6.55 Å². The van der Waals surface area contributed by atoms with E-state index in [0.717, 1.165) is 9.04 Å². The number of halogens is 3. The molecular formula is C19H15BrF2N4OS. The molecule has 4 aromatic rings. The maximum atomic E-state index is 13.6. The van der Waals surface area contributed by atoms with E-state index in [0.29, 0.717) is 33.6 Å². The summed E-state index contributed by atoms with van der Waals surface area (Å²) in [6.45, 7) is -0.411. The van der Waals surface area contributed by atoms with Crippen molar-refractivity contribution >= 4 is 49.6 Å². The standard InChI is InChI=1S/C19H15BrF2N4OS/c1-2-25-17(27)12-9-11(20)7-8-13(12)24-19(25)28-10-16-23-14-5-3-4-6-15(14)26(16)18(21)22/h3-9,18H,2,10H2,1H3. The summed E-state index contributed by atoms with van der Waals surface area (Å²) in [5.74, 6) is 0.419. The number of aromatic nitrogens is 4. The van der Waals surface area contributed by atoms with Crippen molar-refractivity contribution in [3.05, 3.63) is 63.1 Å². The SMILES string of the molecule is CCn1c(SCc2nc3ccccc3n2C(F)F)nc2ccc(Br)cc2c1=O. The molecule has 0 aliphatic heterocycles. The normalized spacial score (nSPS) is 11.8. The maximum absolute atomic E-state index is 13.6. The minimum absolute atomic E-state index is 0.154. The Morgan fingerprint density at radius 2 is 1.93 bits per heavy atom. The van der Waals surface area contributed by atoms with Gasteiger partial charge >= 0.3 is 6.55 Å². The van der Waals surface area contributed by atoms with Crippen molar-refractivity contribution in [3.8, 4) is 0 Å². The molecule has 0 saturated heterocycles. The molecule has 2 aromatic heterocycles. The van der Waals surface area contributed by atoms with Gasteiger partial charge in [-0.2, -0.15) is 8.78 Å². The van der Waals surface area contributed by atoms with Crippen molar-refractivity contribution < 1.29 is 8.78 Å². The molecule has 0 fully saturated rings. The van der Waals surface area contributed by atoms with Gasteiger partial charge < -0.3 is 0 Å². The van der Waals surface area contributed by atoms with Crippen LogP contribution in [-0.2, 0) is 12.3 Å². The van der Waals surface area contributed by atoms with Crippen molar-refractivity contribution in [1.29, 1.82) is 0 Å². The Morgan fingerprint density at radius 3 is 2.68 bits per heavy atom. The van der Waals surface area contributed by atoms with Gasteiger partial charge in [-0.25, -0.2) is 9.97 Å². The van der Waals surface area contributed by atoms with Crippen LogP contribution < -0.4 is 5.56 Å². The average Bonchev–Trinajstić information content (AvgIpc) is 3.05. The van der Waals surface area contributed by atoms with Gasteiger partial charge in [0.25, 0.3) is 5.56 Å². The molecule has 5 nitrogen and oxygen atoms in total. The predicted molar refractivity (Wildman–Crippen MR) is 110 cm³/mol. The van der Waals surface area contributed by atoms with Crippen molar-refractivity contribution in [2.45, 2.75) is 30.9 Å². The lowest BCUT2D eigenvalue weighted by molar-refractivity contribution is 0.0722. The molecule has 2 aromatic carbocycles. The van der Waals surface area contributed by atoms with E-state index in [1.807, 2.05) is 13.0 Å². The number of benzene rings is 2. The van der Waals surface area contributed by atoms with Crippen LogP contribution in [0.2, 0.25) is 0 Å². The molecule has 2 heterocycles. The van der Waals surface area contributed by atoms with Gasteiger partial charge in [0.15, 0.2) is 5.16 Å². The number of hydrogen-bond donors (Lipinski definition) is 0. The summed E-state index contributed by atoms with van der Waals surface area (Å²) in [6.07, 6.45) is 0. The first kappa shape index (κ1) is 19.1. The van der Waals surface area contributed by atoms with Crippen LogP contribution in [0.25, 0.3) is 21.9 Å². The Morgan fingerprint density at radius 1 is 1.14 bits per heavy atom. The first-order valence-electron chi connectivity index (χ1n) is 8.56. The first-order valence-corrected chi connectivity index (χ1v) is 10.3. The highest BCUT2D eigenvalue weighted by Gasteiger charge is 2.19. The van der Waals surface area contributed by atoms with Crippen LogP contribution in [0.1, 0.15) is 19.3 Å². The van der Waals surface area contributed by atoms with Crippen LogP contribution in [0, 0.1) is 0 Å². The highest BCUT2D eigenvalue weighted by molar-refractivity contribution is 9.10. The van der Waals surface area contributed by atoms with Crippen LogP contribution in [-0.4, -0.2) is 19.1 Å². The van der Waals surface area contributed by atoms with Crippen molar-refractivity contribution in [2.24, 2.45) is 0 Å². The number of thioether (sulfide) groups is 1. The largest absolute Gasteiger partial charge is 0.320 e. The summed E-state index contributed by atoms with van der Waals surface area (Å²) in [5, 5.41) is 0.996. The zero-order valence-electron chi connectivity index (χ0n) is 14.8. The predicted octanol–water partition coefficient (Wildman–Crippen LogP) is 5.22. The third-order valence-electron chi connectivity index (χ3n) is 4.39. The lowest BCUT2D eigenvalue weighted by Crippen LogP contribution is -2.22. The number of imidazole rings is 1. The minimum Gasteiger partial charge on any atom is -0.287 e. The Kier molecular flexibility index (Phi) is 5.20. The monoisotopic (exact) mass is 464 g/mol. The molecule has 0 saturated carbocycles. The Labute approximate surface area is 171 Å². The molecule has 4 rings (SSSR count). The second-order valence-electron chi connectivity index (χ2n) is 6.06. The third kappa shape index (κ3) is 3.33. The Bertz CT molecular complexity index is 1240. The molecule has 0 aliphatic carbocycles. The van der Waals surface area contributed by atoms with E-state index in [-0.39, 0.29) is 17.1 Å². The zero-order valence-corrected chi connectivity index (χ0v) is 17.2. The van der Waals surface area contributed by atoms with Crippen molar-refractivity contribution in [1.82, 2.24) is 19.1 Å². The van der Waals surface area contributed by atoms with E-state index in [1.54, 1.807) is 41.0 Å². The topological polar surface area (TPSA) is 52.7 Å². The van der Waals surface area contributed by atoms with E-state index in [1.165, 1.54) is 11.8 Å². The lowest BCUT2D eigenvalue weighted by Gasteiger charge is -2.12. The van der Waals surface area contributed by atoms with E-state index >= 15 is 0 Å². The summed E-state index contributed by atoms with van der Waals surface area (Å²) in [5.41, 5.74) is 1.32. The fraction of sp³-hybridized carbons (Fsp3) is 0.211. The number of rotatable bonds is 5. The smallest absolute Gasteiger partial charge is 0.287 e. The van der Waals surface area contributed by atoms with Gasteiger partial charge in [-0.3, -0.25) is 13.9 Å². The molecule has 0 atom stereocenters. The summed E-state index contributed by atoms with van der Waals surface area (Å²) in [4.78, 5) is 21.7. The molecule has 0 unspecified atom stereocenters. The van der Waals surface area contributed by atoms with Crippen LogP contribution >= 0.6 is 27.7 Å². The summed E-state index contributed by atoms with van der Waals surface area (Å²) < 4.78 is 30.5. The molecule has 144 valence electrons. The number of nitrogens with zero attached hydrogens (tertiary/aromatic N) is 4. The second kappa shape index (κ2) is 7.63. The molecule has 28 heavy (non-hydrogen) atoms. The van der Waals surface area contributed by atoms with Crippen LogP contribution in [0.5, 0.6) is 0 Å². The Balaban J connectivity index is 1.75. The summed E-state index contributed by atoms with van der Waals surface area (Å²) in [7, 11) is 0. The van der Waals surface area contributed by atoms with E-state index in [9.17, 15) is 13.6 Å². The molecule has 0 spiro atoms. The van der Waals surface area contributed by atoms with Crippen molar-refractivity contribution in [3.63, 3.8) is 0 Å². The maximum Gasteiger partial charge on any atom is 0.320 e. The van der Waals surface area contributed by atoms with Gasteiger partial charge in [0.05, 0.1) is 27.7 Å². The highest BCUT2D eigenvalue weighted by atomic mass is 79.9. The fourth-order valence-corrected chi connectivity index (χ4v) is 4.46. The van der Waals surface area contributed by atoms with E-state index in [4.69, 9.17) is 0 Å². The van der Waals surface area contributed by atoms with Gasteiger partial charge in [-0.1, -0.05) is 39.8 Å². The quantitative estimate of drug-likeness (QED) is 0.300. The zero-order chi connectivity index (χ0) is 19.8. The third-order valence-corrected chi connectivity index (χ3v) is 5.86. The molecule has 0 radical (unpaired) electrons. The molecule has 9 heteroatoms. The first-order chi connectivity index (χ1) is 13.5. The minimum atomic E-state index is -2.70. The van der Waals surface area contributed by atoms with Gasteiger partial charge in [0, 0.05) is 11.0 Å². The molecule has 0 aliphatic rings. The number of para-hydroxylation sites is 2. The van der Waals surface area contributed by atoms with Crippen LogP contribution in [0.15, 0.2) is 56.9 Å².